The maximum absolute atomic E-state index is 13.1. The molecular formula is C22H28N6O3S. The number of fused-ring (bicyclic) bond motifs is 1. The summed E-state index contributed by atoms with van der Waals surface area (Å²) in [5.74, 6) is 0.596. The normalized spacial score (nSPS) is 17.8. The number of rotatable bonds is 8. The van der Waals surface area contributed by atoms with Crippen LogP contribution in [0.15, 0.2) is 48.9 Å². The quantitative estimate of drug-likeness (QED) is 0.474. The van der Waals surface area contributed by atoms with E-state index in [1.165, 1.54) is 6.26 Å². The maximum atomic E-state index is 13.1. The van der Waals surface area contributed by atoms with E-state index in [1.807, 2.05) is 42.6 Å². The zero-order valence-electron chi connectivity index (χ0n) is 18.0. The molecule has 0 saturated carbocycles. The molecule has 2 aromatic heterocycles. The summed E-state index contributed by atoms with van der Waals surface area (Å²) >= 11 is 0. The first kappa shape index (κ1) is 22.1. The van der Waals surface area contributed by atoms with Gasteiger partial charge >= 0.3 is 0 Å². The van der Waals surface area contributed by atoms with Crippen LogP contribution < -0.4 is 15.5 Å². The summed E-state index contributed by atoms with van der Waals surface area (Å²) in [7, 11) is -3.18. The second kappa shape index (κ2) is 9.56. The highest BCUT2D eigenvalue weighted by Crippen LogP contribution is 2.25. The van der Waals surface area contributed by atoms with Crippen LogP contribution in [-0.2, 0) is 14.6 Å². The SMILES string of the molecule is CS(=O)(=O)CCC(Nc1ccccc1)C(=O)NC1CCCN(c2ncnc3[nH]ccc23)C1. The Hall–Kier alpha value is -3.14. The molecule has 0 radical (unpaired) electrons. The van der Waals surface area contributed by atoms with Gasteiger partial charge in [-0.05, 0) is 37.5 Å². The molecule has 1 saturated heterocycles. The van der Waals surface area contributed by atoms with Crippen molar-refractivity contribution in [3.63, 3.8) is 0 Å². The summed E-state index contributed by atoms with van der Waals surface area (Å²) < 4.78 is 23.4. The van der Waals surface area contributed by atoms with Crippen LogP contribution in [0.4, 0.5) is 11.5 Å². The third kappa shape index (κ3) is 5.56. The van der Waals surface area contributed by atoms with Crippen LogP contribution in [0.2, 0.25) is 0 Å². The number of carbonyl (C=O) groups excluding carboxylic acids is 1. The molecule has 1 aliphatic heterocycles. The zero-order valence-corrected chi connectivity index (χ0v) is 18.8. The Morgan fingerprint density at radius 3 is 2.84 bits per heavy atom. The van der Waals surface area contributed by atoms with Gasteiger partial charge in [-0.15, -0.1) is 0 Å². The van der Waals surface area contributed by atoms with Crippen molar-refractivity contribution in [3.05, 3.63) is 48.9 Å². The molecule has 170 valence electrons. The van der Waals surface area contributed by atoms with E-state index in [4.69, 9.17) is 0 Å². The van der Waals surface area contributed by atoms with Crippen LogP contribution in [-0.4, -0.2) is 66.5 Å². The molecule has 0 bridgehead atoms. The van der Waals surface area contributed by atoms with Crippen LogP contribution in [0.5, 0.6) is 0 Å². The lowest BCUT2D eigenvalue weighted by molar-refractivity contribution is -0.122. The van der Waals surface area contributed by atoms with E-state index in [-0.39, 0.29) is 24.1 Å². The molecule has 10 heteroatoms. The molecule has 3 N–H and O–H groups in total. The van der Waals surface area contributed by atoms with E-state index in [0.717, 1.165) is 41.9 Å². The highest BCUT2D eigenvalue weighted by atomic mass is 32.2. The third-order valence-corrected chi connectivity index (χ3v) is 6.59. The van der Waals surface area contributed by atoms with Crippen molar-refractivity contribution in [2.45, 2.75) is 31.3 Å². The minimum Gasteiger partial charge on any atom is -0.374 e. The van der Waals surface area contributed by atoms with Gasteiger partial charge in [0.15, 0.2) is 0 Å². The Balaban J connectivity index is 1.45. The van der Waals surface area contributed by atoms with E-state index in [0.29, 0.717) is 6.54 Å². The number of hydrogen-bond donors (Lipinski definition) is 3. The number of benzene rings is 1. The maximum Gasteiger partial charge on any atom is 0.242 e. The standard InChI is InChI=1S/C22H28N6O3S/c1-32(30,31)13-10-19(26-16-6-3-2-4-7-16)22(29)27-17-8-5-12-28(14-17)21-18-9-11-23-20(18)24-15-25-21/h2-4,6-7,9,11,15,17,19,26H,5,8,10,12-14H2,1H3,(H,27,29)(H,23,24,25). The summed E-state index contributed by atoms with van der Waals surface area (Å²) in [5, 5.41) is 7.27. The highest BCUT2D eigenvalue weighted by molar-refractivity contribution is 7.90. The number of nitrogens with one attached hydrogen (secondary N) is 3. The molecule has 0 spiro atoms. The van der Waals surface area contributed by atoms with Gasteiger partial charge in [0.05, 0.1) is 11.1 Å². The van der Waals surface area contributed by atoms with Gasteiger partial charge in [-0.25, -0.2) is 18.4 Å². The number of aromatic nitrogens is 3. The fraction of sp³-hybridized carbons (Fsp3) is 0.409. The molecule has 3 aromatic rings. The Morgan fingerprint density at radius 1 is 1.25 bits per heavy atom. The van der Waals surface area contributed by atoms with Gasteiger partial charge in [0, 0.05) is 37.3 Å². The number of amides is 1. The van der Waals surface area contributed by atoms with Crippen molar-refractivity contribution in [1.82, 2.24) is 20.3 Å². The van der Waals surface area contributed by atoms with Gasteiger partial charge in [-0.2, -0.15) is 0 Å². The number of aromatic amines is 1. The van der Waals surface area contributed by atoms with Gasteiger partial charge in [0.2, 0.25) is 5.91 Å². The smallest absolute Gasteiger partial charge is 0.242 e. The van der Waals surface area contributed by atoms with E-state index in [2.05, 4.69) is 30.5 Å². The van der Waals surface area contributed by atoms with Crippen LogP contribution in [0.1, 0.15) is 19.3 Å². The molecule has 9 nitrogen and oxygen atoms in total. The van der Waals surface area contributed by atoms with E-state index in [9.17, 15) is 13.2 Å². The molecule has 32 heavy (non-hydrogen) atoms. The predicted molar refractivity (Wildman–Crippen MR) is 125 cm³/mol. The van der Waals surface area contributed by atoms with Gasteiger partial charge < -0.3 is 20.5 Å². The van der Waals surface area contributed by atoms with Crippen molar-refractivity contribution in [2.24, 2.45) is 0 Å². The topological polar surface area (TPSA) is 120 Å². The minimum atomic E-state index is -3.18. The predicted octanol–water partition coefficient (Wildman–Crippen LogP) is 1.96. The first-order valence-electron chi connectivity index (χ1n) is 10.7. The molecule has 1 aromatic carbocycles. The number of anilines is 2. The Kier molecular flexibility index (Phi) is 6.59. The molecule has 2 atom stereocenters. The minimum absolute atomic E-state index is 0.0569. The third-order valence-electron chi connectivity index (χ3n) is 5.61. The fourth-order valence-corrected chi connectivity index (χ4v) is 4.70. The van der Waals surface area contributed by atoms with Crippen molar-refractivity contribution < 1.29 is 13.2 Å². The number of nitrogens with zero attached hydrogens (tertiary/aromatic N) is 3. The van der Waals surface area contributed by atoms with E-state index < -0.39 is 15.9 Å². The van der Waals surface area contributed by atoms with E-state index in [1.54, 1.807) is 6.33 Å². The summed E-state index contributed by atoms with van der Waals surface area (Å²) in [6.07, 6.45) is 6.54. The summed E-state index contributed by atoms with van der Waals surface area (Å²) in [6, 6.07) is 10.6. The Morgan fingerprint density at radius 2 is 2.06 bits per heavy atom. The van der Waals surface area contributed by atoms with Gasteiger partial charge in [0.1, 0.15) is 33.7 Å². The van der Waals surface area contributed by atoms with Crippen molar-refractivity contribution in [2.75, 3.05) is 35.3 Å². The van der Waals surface area contributed by atoms with Gasteiger partial charge in [-0.1, -0.05) is 18.2 Å². The van der Waals surface area contributed by atoms with Gasteiger partial charge in [-0.3, -0.25) is 4.79 Å². The van der Waals surface area contributed by atoms with Crippen LogP contribution in [0, 0.1) is 0 Å². The van der Waals surface area contributed by atoms with Crippen LogP contribution in [0.3, 0.4) is 0 Å². The number of sulfone groups is 1. The van der Waals surface area contributed by atoms with E-state index >= 15 is 0 Å². The molecule has 0 aliphatic carbocycles. The molecule has 2 unspecified atom stereocenters. The second-order valence-electron chi connectivity index (χ2n) is 8.21. The molecule has 4 rings (SSSR count). The second-order valence-corrected chi connectivity index (χ2v) is 10.5. The zero-order chi connectivity index (χ0) is 22.6. The molecule has 1 amide bonds. The summed E-state index contributed by atoms with van der Waals surface area (Å²) in [4.78, 5) is 27.1. The Labute approximate surface area is 187 Å². The first-order chi connectivity index (χ1) is 15.4. The number of H-pyrrole nitrogens is 1. The molecular weight excluding hydrogens is 428 g/mol. The van der Waals surface area contributed by atoms with Crippen LogP contribution in [0.25, 0.3) is 11.0 Å². The average molecular weight is 457 g/mol. The Bertz CT molecular complexity index is 1160. The number of para-hydroxylation sites is 1. The van der Waals surface area contributed by atoms with Crippen molar-refractivity contribution in [3.8, 4) is 0 Å². The molecule has 3 heterocycles. The molecule has 1 aliphatic rings. The first-order valence-corrected chi connectivity index (χ1v) is 12.8. The number of hydrogen-bond acceptors (Lipinski definition) is 7. The fourth-order valence-electron chi connectivity index (χ4n) is 4.04. The van der Waals surface area contributed by atoms with Crippen molar-refractivity contribution >= 4 is 38.3 Å². The molecule has 1 fully saturated rings. The lowest BCUT2D eigenvalue weighted by Crippen LogP contribution is -2.52. The lowest BCUT2D eigenvalue weighted by Gasteiger charge is -2.35. The number of piperidine rings is 1. The van der Waals surface area contributed by atoms with Crippen LogP contribution >= 0.6 is 0 Å². The van der Waals surface area contributed by atoms with Gasteiger partial charge in [0.25, 0.3) is 0 Å². The summed E-state index contributed by atoms with van der Waals surface area (Å²) in [5.41, 5.74) is 1.57. The highest BCUT2D eigenvalue weighted by Gasteiger charge is 2.27. The number of carbonyl (C=O) groups is 1. The summed E-state index contributed by atoms with van der Waals surface area (Å²) in [6.45, 7) is 1.48. The lowest BCUT2D eigenvalue weighted by atomic mass is 10.0. The monoisotopic (exact) mass is 456 g/mol. The van der Waals surface area contributed by atoms with Crippen molar-refractivity contribution in [1.29, 1.82) is 0 Å². The largest absolute Gasteiger partial charge is 0.374 e. The average Bonchev–Trinajstić information content (AvgIpc) is 3.26.